The molecule has 124 valence electrons. The van der Waals surface area contributed by atoms with Crippen molar-refractivity contribution >= 4 is 5.91 Å². The molecule has 1 unspecified atom stereocenters. The maximum Gasteiger partial charge on any atom is 0.220 e. The number of aliphatic hydroxyl groups excluding tert-OH is 1. The first-order valence-electron chi connectivity index (χ1n) is 7.74. The number of aliphatic hydroxyl groups is 1. The highest BCUT2D eigenvalue weighted by Crippen LogP contribution is 2.23. The van der Waals surface area contributed by atoms with Crippen molar-refractivity contribution in [1.29, 1.82) is 0 Å². The fraction of sp³-hybridized carbons (Fsp3) is 0.412. The first-order chi connectivity index (χ1) is 11.1. The molecule has 23 heavy (non-hydrogen) atoms. The standard InChI is InChI=1S/C17H21FN2O3/c1-2-5-12(21)10-19-16(22)8-9-17-20-11-15(23-17)13-6-3-4-7-14(13)18/h3-4,6-7,11-12,21H,2,5,8-10H2,1H3,(H,19,22). The Kier molecular flexibility index (Phi) is 6.29. The van der Waals surface area contributed by atoms with Gasteiger partial charge in [0.1, 0.15) is 5.82 Å². The van der Waals surface area contributed by atoms with Crippen molar-refractivity contribution in [2.24, 2.45) is 0 Å². The van der Waals surface area contributed by atoms with Gasteiger partial charge in [0.2, 0.25) is 5.91 Å². The predicted molar refractivity (Wildman–Crippen MR) is 84.1 cm³/mol. The summed E-state index contributed by atoms with van der Waals surface area (Å²) in [6, 6.07) is 6.29. The van der Waals surface area contributed by atoms with Gasteiger partial charge in [-0.25, -0.2) is 9.37 Å². The van der Waals surface area contributed by atoms with Crippen molar-refractivity contribution in [1.82, 2.24) is 10.3 Å². The number of amides is 1. The van der Waals surface area contributed by atoms with Gasteiger partial charge in [-0.1, -0.05) is 25.5 Å². The first kappa shape index (κ1) is 17.1. The molecule has 1 heterocycles. The molecule has 0 spiro atoms. The van der Waals surface area contributed by atoms with Crippen LogP contribution in [-0.4, -0.2) is 28.6 Å². The molecule has 0 saturated heterocycles. The third-order valence-electron chi connectivity index (χ3n) is 3.42. The molecule has 1 amide bonds. The number of nitrogens with zero attached hydrogens (tertiary/aromatic N) is 1. The highest BCUT2D eigenvalue weighted by molar-refractivity contribution is 5.76. The van der Waals surface area contributed by atoms with Gasteiger partial charge in [0.05, 0.1) is 17.9 Å². The summed E-state index contributed by atoms with van der Waals surface area (Å²) in [5, 5.41) is 12.2. The van der Waals surface area contributed by atoms with Crippen LogP contribution in [0, 0.1) is 5.82 Å². The summed E-state index contributed by atoms with van der Waals surface area (Å²) in [6.07, 6.45) is 2.99. The quantitative estimate of drug-likeness (QED) is 0.784. The molecule has 2 rings (SSSR count). The second-order valence-corrected chi connectivity index (χ2v) is 5.34. The lowest BCUT2D eigenvalue weighted by molar-refractivity contribution is -0.121. The highest BCUT2D eigenvalue weighted by Gasteiger charge is 2.12. The lowest BCUT2D eigenvalue weighted by Gasteiger charge is -2.10. The lowest BCUT2D eigenvalue weighted by atomic mass is 10.2. The van der Waals surface area contributed by atoms with E-state index in [0.717, 1.165) is 6.42 Å². The number of halogens is 1. The van der Waals surface area contributed by atoms with Crippen LogP contribution in [0.5, 0.6) is 0 Å². The summed E-state index contributed by atoms with van der Waals surface area (Å²) in [7, 11) is 0. The maximum atomic E-state index is 13.7. The fourth-order valence-corrected chi connectivity index (χ4v) is 2.19. The van der Waals surface area contributed by atoms with Crippen molar-refractivity contribution in [2.45, 2.75) is 38.7 Å². The maximum absolute atomic E-state index is 13.7. The summed E-state index contributed by atoms with van der Waals surface area (Å²) in [6.45, 7) is 2.22. The third-order valence-corrected chi connectivity index (χ3v) is 3.42. The number of rotatable bonds is 8. The number of aryl methyl sites for hydroxylation is 1. The zero-order valence-corrected chi connectivity index (χ0v) is 13.1. The summed E-state index contributed by atoms with van der Waals surface area (Å²) < 4.78 is 19.1. The molecule has 1 aromatic carbocycles. The normalized spacial score (nSPS) is 12.1. The van der Waals surface area contributed by atoms with Crippen LogP contribution >= 0.6 is 0 Å². The van der Waals surface area contributed by atoms with E-state index in [-0.39, 0.29) is 24.7 Å². The first-order valence-corrected chi connectivity index (χ1v) is 7.74. The predicted octanol–water partition coefficient (Wildman–Crippen LogP) is 2.69. The van der Waals surface area contributed by atoms with Gasteiger partial charge in [-0.05, 0) is 18.6 Å². The molecule has 1 aromatic heterocycles. The molecule has 0 fully saturated rings. The van der Waals surface area contributed by atoms with Crippen LogP contribution in [0.15, 0.2) is 34.9 Å². The number of oxazole rings is 1. The fourth-order valence-electron chi connectivity index (χ4n) is 2.19. The Morgan fingerprint density at radius 2 is 2.22 bits per heavy atom. The van der Waals surface area contributed by atoms with Crippen LogP contribution in [0.2, 0.25) is 0 Å². The van der Waals surface area contributed by atoms with E-state index in [9.17, 15) is 14.3 Å². The van der Waals surface area contributed by atoms with Gasteiger partial charge in [0, 0.05) is 19.4 Å². The molecule has 0 saturated carbocycles. The second-order valence-electron chi connectivity index (χ2n) is 5.34. The van der Waals surface area contributed by atoms with E-state index in [1.807, 2.05) is 6.92 Å². The Balaban J connectivity index is 1.83. The van der Waals surface area contributed by atoms with Crippen molar-refractivity contribution in [2.75, 3.05) is 6.54 Å². The molecule has 0 radical (unpaired) electrons. The number of carbonyl (C=O) groups excluding carboxylic acids is 1. The van der Waals surface area contributed by atoms with Gasteiger partial charge < -0.3 is 14.8 Å². The van der Waals surface area contributed by atoms with E-state index >= 15 is 0 Å². The SMILES string of the molecule is CCCC(O)CNC(=O)CCc1ncc(-c2ccccc2F)o1. The van der Waals surface area contributed by atoms with Crippen LogP contribution in [0.4, 0.5) is 4.39 Å². The number of aromatic nitrogens is 1. The Morgan fingerprint density at radius 1 is 1.43 bits per heavy atom. The Labute approximate surface area is 134 Å². The summed E-state index contributed by atoms with van der Waals surface area (Å²) in [5.74, 6) is 0.174. The summed E-state index contributed by atoms with van der Waals surface area (Å²) >= 11 is 0. The molecular formula is C17H21FN2O3. The van der Waals surface area contributed by atoms with Crippen LogP contribution in [0.25, 0.3) is 11.3 Å². The number of hydrogen-bond acceptors (Lipinski definition) is 4. The minimum atomic E-state index is -0.515. The Hall–Kier alpha value is -2.21. The zero-order valence-electron chi connectivity index (χ0n) is 13.1. The lowest BCUT2D eigenvalue weighted by Crippen LogP contribution is -2.32. The van der Waals surface area contributed by atoms with Gasteiger partial charge in [0.25, 0.3) is 0 Å². The van der Waals surface area contributed by atoms with Crippen molar-refractivity contribution in [3.05, 3.63) is 42.2 Å². The molecule has 5 nitrogen and oxygen atoms in total. The van der Waals surface area contributed by atoms with E-state index in [2.05, 4.69) is 10.3 Å². The zero-order chi connectivity index (χ0) is 16.7. The van der Waals surface area contributed by atoms with Gasteiger partial charge >= 0.3 is 0 Å². The van der Waals surface area contributed by atoms with Gasteiger partial charge in [-0.3, -0.25) is 4.79 Å². The van der Waals surface area contributed by atoms with Crippen molar-refractivity contribution in [3.63, 3.8) is 0 Å². The van der Waals surface area contributed by atoms with E-state index in [0.29, 0.717) is 30.1 Å². The average molecular weight is 320 g/mol. The number of carbonyl (C=O) groups is 1. The smallest absolute Gasteiger partial charge is 0.220 e. The van der Waals surface area contributed by atoms with Gasteiger partial charge in [-0.2, -0.15) is 0 Å². The van der Waals surface area contributed by atoms with E-state index in [4.69, 9.17) is 4.42 Å². The molecule has 0 aliphatic carbocycles. The minimum Gasteiger partial charge on any atom is -0.441 e. The van der Waals surface area contributed by atoms with Gasteiger partial charge in [-0.15, -0.1) is 0 Å². The summed E-state index contributed by atoms with van der Waals surface area (Å²) in [4.78, 5) is 15.8. The molecule has 6 heteroatoms. The molecule has 1 atom stereocenters. The average Bonchev–Trinajstić information content (AvgIpc) is 3.00. The number of hydrogen-bond donors (Lipinski definition) is 2. The van der Waals surface area contributed by atoms with Crippen molar-refractivity contribution in [3.8, 4) is 11.3 Å². The van der Waals surface area contributed by atoms with E-state index in [1.54, 1.807) is 18.2 Å². The highest BCUT2D eigenvalue weighted by atomic mass is 19.1. The van der Waals surface area contributed by atoms with E-state index in [1.165, 1.54) is 12.3 Å². The van der Waals surface area contributed by atoms with Crippen molar-refractivity contribution < 1.29 is 18.7 Å². The molecule has 0 aliphatic rings. The molecular weight excluding hydrogens is 299 g/mol. The van der Waals surface area contributed by atoms with Crippen LogP contribution < -0.4 is 5.32 Å². The Bertz CT molecular complexity index is 642. The molecule has 2 N–H and O–H groups in total. The monoisotopic (exact) mass is 320 g/mol. The topological polar surface area (TPSA) is 75.4 Å². The van der Waals surface area contributed by atoms with Crippen LogP contribution in [0.3, 0.4) is 0 Å². The number of benzene rings is 1. The largest absolute Gasteiger partial charge is 0.441 e. The van der Waals surface area contributed by atoms with Crippen LogP contribution in [-0.2, 0) is 11.2 Å². The number of nitrogens with one attached hydrogen (secondary N) is 1. The Morgan fingerprint density at radius 3 is 2.96 bits per heavy atom. The molecule has 2 aromatic rings. The third kappa shape index (κ3) is 5.17. The van der Waals surface area contributed by atoms with Crippen LogP contribution in [0.1, 0.15) is 32.1 Å². The summed E-state index contributed by atoms with van der Waals surface area (Å²) in [5.41, 5.74) is 0.346. The molecule has 0 bridgehead atoms. The second kappa shape index (κ2) is 8.43. The van der Waals surface area contributed by atoms with E-state index < -0.39 is 6.10 Å². The minimum absolute atomic E-state index is 0.175. The van der Waals surface area contributed by atoms with Gasteiger partial charge in [0.15, 0.2) is 11.7 Å². The molecule has 0 aliphatic heterocycles.